The minimum absolute atomic E-state index is 0.271. The molecular weight excluding hydrogens is 380 g/mol. The molecule has 31 heavy (non-hydrogen) atoms. The van der Waals surface area contributed by atoms with Gasteiger partial charge in [0.15, 0.2) is 0 Å². The Kier molecular flexibility index (Phi) is 5.32. The maximum absolute atomic E-state index is 6.11. The number of hydrogen-bond acceptors (Lipinski definition) is 3. The Morgan fingerprint density at radius 2 is 1.81 bits per heavy atom. The second kappa shape index (κ2) is 7.43. The van der Waals surface area contributed by atoms with Gasteiger partial charge in [0.05, 0.1) is 13.3 Å². The summed E-state index contributed by atoms with van der Waals surface area (Å²) in [6.07, 6.45) is 14.7. The summed E-state index contributed by atoms with van der Waals surface area (Å²) in [5.74, 6) is 2.21. The van der Waals surface area contributed by atoms with Crippen molar-refractivity contribution in [2.24, 2.45) is 34.0 Å². The molecule has 3 nitrogen and oxygen atoms in total. The van der Waals surface area contributed by atoms with Crippen molar-refractivity contribution in [2.75, 3.05) is 34.5 Å². The quantitative estimate of drug-likeness (QED) is 0.561. The highest BCUT2D eigenvalue weighted by Crippen LogP contribution is 2.68. The summed E-state index contributed by atoms with van der Waals surface area (Å²) in [4.78, 5) is 4.95. The smallest absolute Gasteiger partial charge is 0.0990 e. The lowest BCUT2D eigenvalue weighted by Gasteiger charge is -2.55. The third-order valence-electron chi connectivity index (χ3n) is 11.5. The van der Waals surface area contributed by atoms with Gasteiger partial charge < -0.3 is 9.64 Å². The standard InChI is InChI=1S/C28H46N2O/c1-19(29(5)6)22-13-15-28(4)24-10-9-23-20(16-21(24)12-14-27(22,28)3)8-11-25-26(23,2)17-31-18-30(25)7/h12,16,19,22-25H,8-11,13-15,17-18H2,1-7H3/t19-,22+,23+,24+,25-,26-,27+,28-/m0/s1. The fraction of sp³-hybridized carbons (Fsp3) is 0.857. The highest BCUT2D eigenvalue weighted by Gasteiger charge is 2.61. The van der Waals surface area contributed by atoms with Gasteiger partial charge in [-0.15, -0.1) is 0 Å². The van der Waals surface area contributed by atoms with E-state index in [9.17, 15) is 0 Å². The van der Waals surface area contributed by atoms with Crippen molar-refractivity contribution in [3.05, 3.63) is 23.3 Å². The number of fused-ring (bicyclic) bond motifs is 6. The molecule has 0 aromatic rings. The Balaban J connectivity index is 1.48. The van der Waals surface area contributed by atoms with Crippen LogP contribution < -0.4 is 0 Å². The van der Waals surface area contributed by atoms with Gasteiger partial charge in [0.1, 0.15) is 0 Å². The van der Waals surface area contributed by atoms with Crippen LogP contribution in [-0.2, 0) is 4.74 Å². The minimum Gasteiger partial charge on any atom is -0.365 e. The van der Waals surface area contributed by atoms with Crippen molar-refractivity contribution in [1.82, 2.24) is 9.80 Å². The largest absolute Gasteiger partial charge is 0.365 e. The van der Waals surface area contributed by atoms with Gasteiger partial charge in [0.25, 0.3) is 0 Å². The SMILES string of the molecule is C[C@@H]([C@H]1CC[C@@]2(C)[C@@H]3CC[C@@H]4C(=CC3=CC[C@]12C)CC[C@@H]1N(C)COC[C@@]41C)N(C)C. The van der Waals surface area contributed by atoms with Crippen LogP contribution in [0.5, 0.6) is 0 Å². The molecule has 174 valence electrons. The number of allylic oxidation sites excluding steroid dienone is 4. The first kappa shape index (κ1) is 22.2. The highest BCUT2D eigenvalue weighted by molar-refractivity contribution is 5.37. The first-order valence-electron chi connectivity index (χ1n) is 13.0. The Hall–Kier alpha value is -0.640. The fourth-order valence-electron chi connectivity index (χ4n) is 9.18. The molecule has 1 saturated heterocycles. The predicted molar refractivity (Wildman–Crippen MR) is 129 cm³/mol. The lowest BCUT2D eigenvalue weighted by Crippen LogP contribution is -2.58. The summed E-state index contributed by atoms with van der Waals surface area (Å²) in [7, 11) is 6.82. The summed E-state index contributed by atoms with van der Waals surface area (Å²) >= 11 is 0. The van der Waals surface area contributed by atoms with Gasteiger partial charge in [0, 0.05) is 17.5 Å². The van der Waals surface area contributed by atoms with E-state index < -0.39 is 0 Å². The van der Waals surface area contributed by atoms with Crippen LogP contribution in [0, 0.1) is 34.0 Å². The van der Waals surface area contributed by atoms with E-state index >= 15 is 0 Å². The lowest BCUT2D eigenvalue weighted by atomic mass is 9.51. The summed E-state index contributed by atoms with van der Waals surface area (Å²) in [5, 5.41) is 0. The van der Waals surface area contributed by atoms with E-state index in [1.807, 2.05) is 0 Å². The van der Waals surface area contributed by atoms with Gasteiger partial charge >= 0.3 is 0 Å². The lowest BCUT2D eigenvalue weighted by molar-refractivity contribution is -0.143. The second-order valence-electron chi connectivity index (χ2n) is 12.8. The van der Waals surface area contributed by atoms with E-state index in [1.54, 1.807) is 11.1 Å². The molecule has 5 aliphatic rings. The van der Waals surface area contributed by atoms with Gasteiger partial charge in [-0.2, -0.15) is 0 Å². The van der Waals surface area contributed by atoms with Gasteiger partial charge in [0.2, 0.25) is 0 Å². The molecule has 4 aliphatic carbocycles. The van der Waals surface area contributed by atoms with Crippen LogP contribution in [0.15, 0.2) is 23.3 Å². The monoisotopic (exact) mass is 426 g/mol. The maximum atomic E-state index is 6.11. The number of nitrogens with zero attached hydrogens (tertiary/aromatic N) is 2. The Labute approximate surface area is 191 Å². The third-order valence-corrected chi connectivity index (χ3v) is 11.5. The van der Waals surface area contributed by atoms with E-state index in [2.05, 4.69) is 70.8 Å². The third kappa shape index (κ3) is 3.02. The van der Waals surface area contributed by atoms with E-state index in [4.69, 9.17) is 4.74 Å². The number of ether oxygens (including phenoxy) is 1. The average Bonchev–Trinajstić information content (AvgIpc) is 2.86. The van der Waals surface area contributed by atoms with E-state index in [0.717, 1.165) is 25.2 Å². The van der Waals surface area contributed by atoms with Crippen LogP contribution in [0.1, 0.15) is 72.6 Å². The zero-order chi connectivity index (χ0) is 22.2. The van der Waals surface area contributed by atoms with Crippen LogP contribution in [0.2, 0.25) is 0 Å². The highest BCUT2D eigenvalue weighted by atomic mass is 16.5. The first-order chi connectivity index (χ1) is 14.6. The summed E-state index contributed by atoms with van der Waals surface area (Å²) in [5.41, 5.74) is 4.56. The molecule has 0 amide bonds. The summed E-state index contributed by atoms with van der Waals surface area (Å²) in [6, 6.07) is 1.33. The molecule has 1 heterocycles. The molecule has 0 aromatic heterocycles. The first-order valence-corrected chi connectivity index (χ1v) is 13.0. The number of hydrogen-bond donors (Lipinski definition) is 0. The van der Waals surface area contributed by atoms with Crippen LogP contribution in [0.4, 0.5) is 0 Å². The molecule has 5 rings (SSSR count). The molecule has 2 saturated carbocycles. The zero-order valence-electron chi connectivity index (χ0n) is 21.2. The van der Waals surface area contributed by atoms with Crippen molar-refractivity contribution in [3.63, 3.8) is 0 Å². The molecule has 0 unspecified atom stereocenters. The molecule has 8 atom stereocenters. The molecule has 0 N–H and O–H groups in total. The topological polar surface area (TPSA) is 15.7 Å². The van der Waals surface area contributed by atoms with Crippen LogP contribution >= 0.6 is 0 Å². The molecule has 3 fully saturated rings. The molecule has 0 radical (unpaired) electrons. The molecule has 0 aromatic carbocycles. The molecule has 0 bridgehead atoms. The van der Waals surface area contributed by atoms with E-state index in [1.165, 1.54) is 44.9 Å². The molecule has 1 aliphatic heterocycles. The van der Waals surface area contributed by atoms with Crippen molar-refractivity contribution in [1.29, 1.82) is 0 Å². The zero-order valence-corrected chi connectivity index (χ0v) is 21.2. The molecule has 3 heteroatoms. The van der Waals surface area contributed by atoms with Gasteiger partial charge in [-0.3, -0.25) is 4.90 Å². The average molecular weight is 427 g/mol. The predicted octanol–water partition coefficient (Wildman–Crippen LogP) is 5.73. The number of rotatable bonds is 2. The van der Waals surface area contributed by atoms with Gasteiger partial charge in [-0.1, -0.05) is 38.5 Å². The fourth-order valence-corrected chi connectivity index (χ4v) is 9.18. The van der Waals surface area contributed by atoms with Crippen molar-refractivity contribution in [2.45, 2.75) is 84.7 Å². The van der Waals surface area contributed by atoms with Gasteiger partial charge in [-0.05, 0) is 107 Å². The van der Waals surface area contributed by atoms with Crippen LogP contribution in [0.3, 0.4) is 0 Å². The Morgan fingerprint density at radius 3 is 2.55 bits per heavy atom. The second-order valence-corrected chi connectivity index (χ2v) is 12.8. The van der Waals surface area contributed by atoms with Crippen molar-refractivity contribution < 1.29 is 4.74 Å². The maximum Gasteiger partial charge on any atom is 0.0990 e. The van der Waals surface area contributed by atoms with Crippen LogP contribution in [-0.4, -0.2) is 56.4 Å². The normalized spacial score (nSPS) is 48.6. The molecular formula is C28H46N2O. The minimum atomic E-state index is 0.271. The summed E-state index contributed by atoms with van der Waals surface area (Å²) in [6.45, 7) is 12.1. The van der Waals surface area contributed by atoms with Crippen molar-refractivity contribution in [3.8, 4) is 0 Å². The molecule has 0 spiro atoms. The van der Waals surface area contributed by atoms with E-state index in [0.29, 0.717) is 28.8 Å². The Bertz CT molecular complexity index is 786. The van der Waals surface area contributed by atoms with E-state index in [-0.39, 0.29) is 5.41 Å². The summed E-state index contributed by atoms with van der Waals surface area (Å²) < 4.78 is 6.11. The Morgan fingerprint density at radius 1 is 1.06 bits per heavy atom. The van der Waals surface area contributed by atoms with Gasteiger partial charge in [-0.25, -0.2) is 0 Å². The van der Waals surface area contributed by atoms with Crippen molar-refractivity contribution >= 4 is 0 Å². The van der Waals surface area contributed by atoms with Crippen LogP contribution in [0.25, 0.3) is 0 Å².